The van der Waals surface area contributed by atoms with E-state index in [-0.39, 0.29) is 16.3 Å². The minimum absolute atomic E-state index is 0.000805. The van der Waals surface area contributed by atoms with Gasteiger partial charge in [-0.2, -0.15) is 0 Å². The molecule has 0 bridgehead atoms. The van der Waals surface area contributed by atoms with E-state index in [4.69, 9.17) is 5.11 Å². The number of carbonyl (C=O) groups is 2. The van der Waals surface area contributed by atoms with Crippen LogP contribution in [0.15, 0.2) is 34.1 Å². The molecule has 0 saturated carbocycles. The second-order valence-corrected chi connectivity index (χ2v) is 5.50. The lowest BCUT2D eigenvalue weighted by Gasteiger charge is -2.08. The summed E-state index contributed by atoms with van der Waals surface area (Å²) in [6, 6.07) is 4.85. The van der Waals surface area contributed by atoms with Crippen LogP contribution in [0.3, 0.4) is 0 Å². The Balaban J connectivity index is 2.09. The Hall–Kier alpha value is -1.93. The number of halogens is 2. The number of anilines is 2. The van der Waals surface area contributed by atoms with Crippen molar-refractivity contribution in [2.45, 2.75) is 0 Å². The normalized spacial score (nSPS) is 10.1. The highest BCUT2D eigenvalue weighted by atomic mass is 79.9. The van der Waals surface area contributed by atoms with Crippen molar-refractivity contribution in [3.63, 3.8) is 0 Å². The van der Waals surface area contributed by atoms with Crippen LogP contribution in [0, 0.1) is 5.82 Å². The lowest BCUT2D eigenvalue weighted by Crippen LogP contribution is -2.20. The summed E-state index contributed by atoms with van der Waals surface area (Å²) in [5.41, 5.74) is -0.0134. The number of thiophene rings is 1. The maximum absolute atomic E-state index is 13.5. The monoisotopic (exact) mass is 358 g/mol. The second kappa shape index (κ2) is 6.02. The molecule has 0 fully saturated rings. The van der Waals surface area contributed by atoms with E-state index in [9.17, 15) is 14.0 Å². The van der Waals surface area contributed by atoms with Crippen LogP contribution in [0.1, 0.15) is 10.4 Å². The number of hydrogen-bond donors (Lipinski definition) is 3. The highest BCUT2D eigenvalue weighted by molar-refractivity contribution is 9.10. The summed E-state index contributed by atoms with van der Waals surface area (Å²) in [7, 11) is 0. The number of carbonyl (C=O) groups excluding carboxylic acids is 1. The third kappa shape index (κ3) is 3.34. The molecule has 0 atom stereocenters. The summed E-state index contributed by atoms with van der Waals surface area (Å²) in [5.74, 6) is -1.74. The van der Waals surface area contributed by atoms with E-state index in [1.165, 1.54) is 18.2 Å². The fourth-order valence-electron chi connectivity index (χ4n) is 1.42. The number of carboxylic acids is 1. The molecule has 2 amide bonds. The van der Waals surface area contributed by atoms with Crippen molar-refractivity contribution < 1.29 is 19.1 Å². The van der Waals surface area contributed by atoms with Crippen LogP contribution in [-0.4, -0.2) is 17.1 Å². The minimum atomic E-state index is -1.14. The number of aromatic carboxylic acids is 1. The Morgan fingerprint density at radius 1 is 1.25 bits per heavy atom. The van der Waals surface area contributed by atoms with Crippen LogP contribution < -0.4 is 10.6 Å². The number of nitrogens with one attached hydrogen (secondary N) is 2. The van der Waals surface area contributed by atoms with E-state index in [0.717, 1.165) is 11.3 Å². The first-order chi connectivity index (χ1) is 9.47. The lowest BCUT2D eigenvalue weighted by molar-refractivity contribution is 0.0698. The molecule has 1 aromatic carbocycles. The zero-order chi connectivity index (χ0) is 14.7. The van der Waals surface area contributed by atoms with Crippen molar-refractivity contribution in [3.8, 4) is 0 Å². The van der Waals surface area contributed by atoms with Crippen molar-refractivity contribution in [1.82, 2.24) is 0 Å². The number of benzene rings is 1. The Morgan fingerprint density at radius 3 is 2.65 bits per heavy atom. The fourth-order valence-corrected chi connectivity index (χ4v) is 2.53. The predicted octanol–water partition coefficient (Wildman–Crippen LogP) is 3.99. The zero-order valence-electron chi connectivity index (χ0n) is 9.81. The molecule has 104 valence electrons. The number of hydrogen-bond acceptors (Lipinski definition) is 3. The summed E-state index contributed by atoms with van der Waals surface area (Å²) in [4.78, 5) is 22.6. The Morgan fingerprint density at radius 2 is 2.00 bits per heavy atom. The second-order valence-electron chi connectivity index (χ2n) is 3.67. The molecule has 0 aliphatic rings. The Labute approximate surface area is 125 Å². The Kier molecular flexibility index (Phi) is 4.35. The zero-order valence-corrected chi connectivity index (χ0v) is 12.2. The van der Waals surface area contributed by atoms with Gasteiger partial charge in [0.1, 0.15) is 10.8 Å². The molecule has 1 heterocycles. The van der Waals surface area contributed by atoms with E-state index in [0.29, 0.717) is 4.47 Å². The molecule has 0 radical (unpaired) electrons. The first kappa shape index (κ1) is 14.5. The summed E-state index contributed by atoms with van der Waals surface area (Å²) in [5, 5.41) is 15.3. The average Bonchev–Trinajstić information content (AvgIpc) is 2.81. The smallest absolute Gasteiger partial charge is 0.338 e. The van der Waals surface area contributed by atoms with Crippen LogP contribution >= 0.6 is 27.3 Å². The van der Waals surface area contributed by atoms with Crippen LogP contribution in [0.25, 0.3) is 0 Å². The van der Waals surface area contributed by atoms with Crippen molar-refractivity contribution in [2.75, 3.05) is 10.6 Å². The molecule has 2 rings (SSSR count). The highest BCUT2D eigenvalue weighted by Gasteiger charge is 2.14. The van der Waals surface area contributed by atoms with Gasteiger partial charge in [0.2, 0.25) is 0 Å². The maximum Gasteiger partial charge on any atom is 0.338 e. The van der Waals surface area contributed by atoms with E-state index in [1.807, 2.05) is 0 Å². The molecule has 3 N–H and O–H groups in total. The van der Waals surface area contributed by atoms with Gasteiger partial charge in [-0.05, 0) is 29.6 Å². The Bertz CT molecular complexity index is 674. The van der Waals surface area contributed by atoms with Gasteiger partial charge < -0.3 is 10.4 Å². The largest absolute Gasteiger partial charge is 0.478 e. The van der Waals surface area contributed by atoms with Crippen LogP contribution in [-0.2, 0) is 0 Å². The number of carboxylic acid groups (broad SMARTS) is 1. The quantitative estimate of drug-likeness (QED) is 0.775. The predicted molar refractivity (Wildman–Crippen MR) is 78.0 cm³/mol. The molecule has 0 aliphatic carbocycles. The van der Waals surface area contributed by atoms with Gasteiger partial charge in [-0.25, -0.2) is 14.0 Å². The minimum Gasteiger partial charge on any atom is -0.478 e. The van der Waals surface area contributed by atoms with E-state index >= 15 is 0 Å². The van der Waals surface area contributed by atoms with Crippen molar-refractivity contribution in [1.29, 1.82) is 0 Å². The first-order valence-electron chi connectivity index (χ1n) is 5.31. The molecule has 0 unspecified atom stereocenters. The SMILES string of the molecule is O=C(Nc1ccc(Br)cc1F)Nc1sccc1C(=O)O. The van der Waals surface area contributed by atoms with Gasteiger partial charge in [-0.3, -0.25) is 5.32 Å². The van der Waals surface area contributed by atoms with Gasteiger partial charge >= 0.3 is 12.0 Å². The molecule has 0 saturated heterocycles. The van der Waals surface area contributed by atoms with Crippen molar-refractivity contribution in [2.24, 2.45) is 0 Å². The molecule has 5 nitrogen and oxygen atoms in total. The summed E-state index contributed by atoms with van der Waals surface area (Å²) in [6.45, 7) is 0. The molecular formula is C12H8BrFN2O3S. The van der Waals surface area contributed by atoms with Gasteiger partial charge in [0.15, 0.2) is 0 Å². The van der Waals surface area contributed by atoms with Crippen LogP contribution in [0.2, 0.25) is 0 Å². The third-order valence-corrected chi connectivity index (χ3v) is 3.63. The van der Waals surface area contributed by atoms with Gasteiger partial charge in [0.05, 0.1) is 11.3 Å². The van der Waals surface area contributed by atoms with Crippen molar-refractivity contribution >= 4 is 50.0 Å². The molecular weight excluding hydrogens is 351 g/mol. The van der Waals surface area contributed by atoms with Crippen molar-refractivity contribution in [3.05, 3.63) is 45.5 Å². The van der Waals surface area contributed by atoms with E-state index in [2.05, 4.69) is 26.6 Å². The van der Waals surface area contributed by atoms with Gasteiger partial charge in [-0.15, -0.1) is 11.3 Å². The molecule has 20 heavy (non-hydrogen) atoms. The number of rotatable bonds is 3. The summed E-state index contributed by atoms with van der Waals surface area (Å²) < 4.78 is 14.1. The number of amides is 2. The van der Waals surface area contributed by atoms with E-state index < -0.39 is 17.8 Å². The molecule has 0 spiro atoms. The molecule has 8 heteroatoms. The maximum atomic E-state index is 13.5. The number of urea groups is 1. The van der Waals surface area contributed by atoms with Gasteiger partial charge in [0.25, 0.3) is 0 Å². The van der Waals surface area contributed by atoms with E-state index in [1.54, 1.807) is 11.4 Å². The summed E-state index contributed by atoms with van der Waals surface area (Å²) in [6.07, 6.45) is 0. The van der Waals surface area contributed by atoms with Crippen LogP contribution in [0.4, 0.5) is 19.9 Å². The third-order valence-electron chi connectivity index (χ3n) is 2.30. The molecule has 1 aromatic heterocycles. The lowest BCUT2D eigenvalue weighted by atomic mass is 10.3. The first-order valence-corrected chi connectivity index (χ1v) is 6.98. The van der Waals surface area contributed by atoms with Gasteiger partial charge in [0, 0.05) is 4.47 Å². The van der Waals surface area contributed by atoms with Crippen LogP contribution in [0.5, 0.6) is 0 Å². The molecule has 2 aromatic rings. The summed E-state index contributed by atoms with van der Waals surface area (Å²) >= 11 is 4.17. The fraction of sp³-hybridized carbons (Fsp3) is 0. The average molecular weight is 359 g/mol. The standard InChI is InChI=1S/C12H8BrFN2O3S/c13-6-1-2-9(8(14)5-6)15-12(19)16-10-7(11(17)18)3-4-20-10/h1-5H,(H,17,18)(H2,15,16,19). The molecule has 0 aliphatic heterocycles. The topological polar surface area (TPSA) is 78.4 Å². The highest BCUT2D eigenvalue weighted by Crippen LogP contribution is 2.24. The van der Waals surface area contributed by atoms with Gasteiger partial charge in [-0.1, -0.05) is 15.9 Å².